The van der Waals surface area contributed by atoms with E-state index >= 15 is 0 Å². The Kier molecular flexibility index (Phi) is 6.25. The summed E-state index contributed by atoms with van der Waals surface area (Å²) >= 11 is 5.95. The van der Waals surface area contributed by atoms with Crippen LogP contribution in [0.15, 0.2) is 24.2 Å². The van der Waals surface area contributed by atoms with Gasteiger partial charge in [-0.3, -0.25) is 20.0 Å². The van der Waals surface area contributed by atoms with E-state index in [0.717, 1.165) is 13.0 Å². The first-order chi connectivity index (χ1) is 13.0. The number of nitrogens with one attached hydrogen (secondary N) is 2. The number of carbonyl (C=O) groups is 2. The summed E-state index contributed by atoms with van der Waals surface area (Å²) in [5, 5.41) is 10.3. The second kappa shape index (κ2) is 8.26. The van der Waals surface area contributed by atoms with Crippen LogP contribution in [0.25, 0.3) is 6.08 Å². The minimum absolute atomic E-state index is 0.108. The topological polar surface area (TPSA) is 109 Å². The Balaban J connectivity index is 2.34. The molecule has 0 aliphatic carbocycles. The molecular formula is C19H17ClF2N4O2. The van der Waals surface area contributed by atoms with Gasteiger partial charge in [0.1, 0.15) is 5.71 Å². The lowest BCUT2D eigenvalue weighted by molar-refractivity contribution is -0.114. The van der Waals surface area contributed by atoms with Gasteiger partial charge in [0.15, 0.2) is 17.4 Å². The van der Waals surface area contributed by atoms with Crippen LogP contribution in [0, 0.1) is 25.1 Å². The number of Topliss-reactive ketones (excluding diaryl/α,β-unsaturated/α-hetero) is 1. The quantitative estimate of drug-likeness (QED) is 0.396. The van der Waals surface area contributed by atoms with Crippen molar-refractivity contribution in [1.29, 1.82) is 5.41 Å². The lowest BCUT2D eigenvalue weighted by atomic mass is 10.0. The number of amides is 1. The van der Waals surface area contributed by atoms with Gasteiger partial charge in [0.25, 0.3) is 5.91 Å². The lowest BCUT2D eigenvalue weighted by Gasteiger charge is -2.11. The molecule has 4 N–H and O–H groups in total. The normalized spacial score (nSPS) is 11.3. The molecule has 1 heterocycles. The highest BCUT2D eigenvalue weighted by Gasteiger charge is 2.18. The van der Waals surface area contributed by atoms with Crippen LogP contribution in [0.4, 0.5) is 20.2 Å². The predicted molar refractivity (Wildman–Crippen MR) is 105 cm³/mol. The summed E-state index contributed by atoms with van der Waals surface area (Å²) in [6.07, 6.45) is 2.08. The minimum Gasteiger partial charge on any atom is -0.396 e. The second-order valence-corrected chi connectivity index (χ2v) is 6.41. The van der Waals surface area contributed by atoms with Crippen LogP contribution in [0.2, 0.25) is 5.02 Å². The molecule has 1 aromatic carbocycles. The molecule has 9 heteroatoms. The van der Waals surface area contributed by atoms with E-state index in [1.165, 1.54) is 12.3 Å². The largest absolute Gasteiger partial charge is 0.396 e. The van der Waals surface area contributed by atoms with Gasteiger partial charge >= 0.3 is 0 Å². The van der Waals surface area contributed by atoms with E-state index in [9.17, 15) is 18.4 Å². The maximum atomic E-state index is 14.4. The number of pyridine rings is 1. The number of ketones is 1. The van der Waals surface area contributed by atoms with Crippen LogP contribution in [0.1, 0.15) is 29.3 Å². The summed E-state index contributed by atoms with van der Waals surface area (Å²) in [7, 11) is 0. The van der Waals surface area contributed by atoms with E-state index < -0.39 is 34.7 Å². The SMILES string of the molecule is CC(=O)C(=N)c1ccc(/C=C(\F)C(=O)Nc2c(C)ncc(Cl)c2C)c(F)c1N. The van der Waals surface area contributed by atoms with Crippen molar-refractivity contribution in [2.45, 2.75) is 20.8 Å². The summed E-state index contributed by atoms with van der Waals surface area (Å²) in [6.45, 7) is 4.40. The first-order valence-corrected chi connectivity index (χ1v) is 8.40. The van der Waals surface area contributed by atoms with Crippen molar-refractivity contribution in [3.63, 3.8) is 0 Å². The molecule has 0 saturated heterocycles. The van der Waals surface area contributed by atoms with E-state index in [1.54, 1.807) is 13.8 Å². The fraction of sp³-hybridized carbons (Fsp3) is 0.158. The maximum absolute atomic E-state index is 14.4. The molecule has 0 aliphatic rings. The molecule has 2 aromatic rings. The monoisotopic (exact) mass is 406 g/mol. The molecule has 28 heavy (non-hydrogen) atoms. The third kappa shape index (κ3) is 4.23. The number of hydrogen-bond acceptors (Lipinski definition) is 5. The van der Waals surface area contributed by atoms with Crippen LogP contribution in [0.3, 0.4) is 0 Å². The van der Waals surface area contributed by atoms with Gasteiger partial charge in [0, 0.05) is 24.2 Å². The van der Waals surface area contributed by atoms with Crippen molar-refractivity contribution in [3.8, 4) is 0 Å². The van der Waals surface area contributed by atoms with Crippen LogP contribution in [-0.2, 0) is 9.59 Å². The van der Waals surface area contributed by atoms with Gasteiger partial charge in [0.2, 0.25) is 0 Å². The first kappa shape index (κ1) is 21.2. The fourth-order valence-corrected chi connectivity index (χ4v) is 2.54. The molecule has 0 spiro atoms. The third-order valence-corrected chi connectivity index (χ3v) is 4.42. The van der Waals surface area contributed by atoms with Crippen LogP contribution >= 0.6 is 11.6 Å². The highest BCUT2D eigenvalue weighted by Crippen LogP contribution is 2.27. The Morgan fingerprint density at radius 3 is 2.57 bits per heavy atom. The van der Waals surface area contributed by atoms with Gasteiger partial charge in [-0.25, -0.2) is 8.78 Å². The third-order valence-electron chi connectivity index (χ3n) is 4.04. The zero-order valence-corrected chi connectivity index (χ0v) is 16.0. The van der Waals surface area contributed by atoms with Crippen molar-refractivity contribution in [1.82, 2.24) is 4.98 Å². The molecule has 0 saturated carbocycles. The fourth-order valence-electron chi connectivity index (χ4n) is 2.39. The number of carbonyl (C=O) groups excluding carboxylic acids is 2. The van der Waals surface area contributed by atoms with E-state index in [1.807, 2.05) is 0 Å². The van der Waals surface area contributed by atoms with E-state index in [-0.39, 0.29) is 16.8 Å². The van der Waals surface area contributed by atoms with Gasteiger partial charge in [-0.1, -0.05) is 17.7 Å². The van der Waals surface area contributed by atoms with Gasteiger partial charge in [-0.05, 0) is 31.6 Å². The molecule has 0 radical (unpaired) electrons. The van der Waals surface area contributed by atoms with Gasteiger partial charge < -0.3 is 11.1 Å². The van der Waals surface area contributed by atoms with E-state index in [2.05, 4.69) is 10.3 Å². The molecule has 146 valence electrons. The summed E-state index contributed by atoms with van der Waals surface area (Å²) in [5.74, 6) is -4.02. The average molecular weight is 407 g/mol. The minimum atomic E-state index is -1.27. The summed E-state index contributed by atoms with van der Waals surface area (Å²) in [6, 6.07) is 2.34. The predicted octanol–water partition coefficient (Wildman–Crippen LogP) is 3.98. The van der Waals surface area contributed by atoms with E-state index in [0.29, 0.717) is 22.4 Å². The van der Waals surface area contributed by atoms with Gasteiger partial charge in [-0.2, -0.15) is 0 Å². The van der Waals surface area contributed by atoms with Crippen LogP contribution < -0.4 is 11.1 Å². The standard InChI is InChI=1S/C19H17ClF2N4O2/c1-8-13(20)7-25-9(2)18(8)26-19(28)14(21)6-11-4-5-12(16(23)10(3)27)17(24)15(11)22/h4-7,23H,24H2,1-3H3,(H,26,28)/b14-6-,23-16?. The highest BCUT2D eigenvalue weighted by atomic mass is 35.5. The van der Waals surface area contributed by atoms with Crippen molar-refractivity contribution >= 4 is 46.5 Å². The maximum Gasteiger partial charge on any atom is 0.284 e. The molecule has 1 aromatic heterocycles. The van der Waals surface area contributed by atoms with Crippen molar-refractivity contribution in [2.24, 2.45) is 0 Å². The molecule has 0 bridgehead atoms. The smallest absolute Gasteiger partial charge is 0.284 e. The summed E-state index contributed by atoms with van der Waals surface area (Å²) in [4.78, 5) is 27.4. The number of nitrogens with two attached hydrogens (primary N) is 1. The number of halogens is 3. The Morgan fingerprint density at radius 2 is 1.96 bits per heavy atom. The van der Waals surface area contributed by atoms with Crippen molar-refractivity contribution < 1.29 is 18.4 Å². The summed E-state index contributed by atoms with van der Waals surface area (Å²) < 4.78 is 28.7. The average Bonchev–Trinajstić information content (AvgIpc) is 2.65. The molecule has 1 amide bonds. The second-order valence-electron chi connectivity index (χ2n) is 6.00. The highest BCUT2D eigenvalue weighted by molar-refractivity contribution is 6.45. The van der Waals surface area contributed by atoms with Crippen molar-refractivity contribution in [2.75, 3.05) is 11.1 Å². The van der Waals surface area contributed by atoms with Gasteiger partial charge in [0.05, 0.1) is 22.1 Å². The number of aryl methyl sites for hydroxylation is 1. The number of nitrogens with zero attached hydrogens (tertiary/aromatic N) is 1. The molecule has 2 rings (SSSR count). The number of rotatable bonds is 5. The Hall–Kier alpha value is -3.13. The van der Waals surface area contributed by atoms with Crippen LogP contribution in [0.5, 0.6) is 0 Å². The Labute approximate surface area is 164 Å². The zero-order valence-electron chi connectivity index (χ0n) is 15.3. The van der Waals surface area contributed by atoms with Crippen molar-refractivity contribution in [3.05, 3.63) is 57.4 Å². The number of hydrogen-bond donors (Lipinski definition) is 3. The number of benzene rings is 1. The molecule has 0 fully saturated rings. The first-order valence-electron chi connectivity index (χ1n) is 8.02. The van der Waals surface area contributed by atoms with Crippen LogP contribution in [-0.4, -0.2) is 22.4 Å². The molecule has 0 unspecified atom stereocenters. The molecule has 6 nitrogen and oxygen atoms in total. The number of aromatic nitrogens is 1. The lowest BCUT2D eigenvalue weighted by Crippen LogP contribution is -2.15. The van der Waals surface area contributed by atoms with E-state index in [4.69, 9.17) is 22.7 Å². The Bertz CT molecular complexity index is 1040. The number of anilines is 2. The Morgan fingerprint density at radius 1 is 1.32 bits per heavy atom. The van der Waals surface area contributed by atoms with Gasteiger partial charge in [-0.15, -0.1) is 0 Å². The summed E-state index contributed by atoms with van der Waals surface area (Å²) in [5.41, 5.74) is 5.46. The molecule has 0 aliphatic heterocycles. The molecular weight excluding hydrogens is 390 g/mol. The molecule has 0 atom stereocenters. The number of nitrogen functional groups attached to an aromatic ring is 1. The zero-order chi connectivity index (χ0) is 21.2.